The molecule has 106 valence electrons. The van der Waals surface area contributed by atoms with Crippen molar-refractivity contribution >= 4 is 15.9 Å². The van der Waals surface area contributed by atoms with Gasteiger partial charge in [-0.3, -0.25) is 0 Å². The predicted octanol–water partition coefficient (Wildman–Crippen LogP) is 4.17. The first-order valence-electron chi connectivity index (χ1n) is 6.84. The van der Waals surface area contributed by atoms with Gasteiger partial charge in [0.2, 0.25) is 0 Å². The zero-order valence-electron chi connectivity index (χ0n) is 12.3. The average molecular weight is 335 g/mol. The third kappa shape index (κ3) is 2.06. The highest BCUT2D eigenvalue weighted by Crippen LogP contribution is 2.40. The number of methoxy groups -OCH3 is 1. The van der Waals surface area contributed by atoms with Crippen LogP contribution in [0.5, 0.6) is 5.75 Å². The first-order valence-corrected chi connectivity index (χ1v) is 7.63. The van der Waals surface area contributed by atoms with Crippen LogP contribution in [0.3, 0.4) is 0 Å². The van der Waals surface area contributed by atoms with Crippen LogP contribution in [-0.2, 0) is 18.4 Å². The van der Waals surface area contributed by atoms with Gasteiger partial charge in [-0.25, -0.2) is 4.98 Å². The van der Waals surface area contributed by atoms with E-state index >= 15 is 0 Å². The summed E-state index contributed by atoms with van der Waals surface area (Å²) in [6.07, 6.45) is 2.99. The molecule has 0 spiro atoms. The van der Waals surface area contributed by atoms with Crippen LogP contribution in [0.15, 0.2) is 22.9 Å². The van der Waals surface area contributed by atoms with Gasteiger partial charge in [0.05, 0.1) is 29.3 Å². The predicted molar refractivity (Wildman–Crippen MR) is 84.3 cm³/mol. The van der Waals surface area contributed by atoms with Crippen LogP contribution >= 0.6 is 15.9 Å². The molecule has 0 aliphatic carbocycles. The lowest BCUT2D eigenvalue weighted by atomic mass is 9.86. The van der Waals surface area contributed by atoms with Crippen molar-refractivity contribution in [3.8, 4) is 17.0 Å². The zero-order chi connectivity index (χ0) is 14.5. The molecule has 0 radical (unpaired) electrons. The number of halogens is 1. The normalized spacial score (nSPS) is 13.8. The summed E-state index contributed by atoms with van der Waals surface area (Å²) in [5.74, 6) is 0.897. The standard InChI is InChI=1S/C16H19BrN2O/c1-16(2,3)15-14-11-8-12(17)13(20-4)7-10(11)5-6-19(14)9-18-15/h7-9H,5-6H2,1-4H3. The van der Waals surface area contributed by atoms with Crippen LogP contribution in [0.4, 0.5) is 0 Å². The molecule has 0 saturated carbocycles. The van der Waals surface area contributed by atoms with E-state index < -0.39 is 0 Å². The number of hydrogen-bond donors (Lipinski definition) is 0. The molecule has 0 bridgehead atoms. The molecule has 1 aromatic heterocycles. The molecule has 0 unspecified atom stereocenters. The van der Waals surface area contributed by atoms with E-state index in [0.717, 1.165) is 28.9 Å². The number of rotatable bonds is 1. The number of nitrogens with zero attached hydrogens (tertiary/aromatic N) is 2. The Morgan fingerprint density at radius 1 is 1.30 bits per heavy atom. The second-order valence-corrected chi connectivity index (χ2v) is 7.13. The Labute approximate surface area is 128 Å². The molecule has 0 atom stereocenters. The Morgan fingerprint density at radius 3 is 2.70 bits per heavy atom. The summed E-state index contributed by atoms with van der Waals surface area (Å²) in [5.41, 5.74) is 5.06. The van der Waals surface area contributed by atoms with Gasteiger partial charge in [-0.1, -0.05) is 20.8 Å². The summed E-state index contributed by atoms with van der Waals surface area (Å²) >= 11 is 3.60. The maximum absolute atomic E-state index is 5.41. The van der Waals surface area contributed by atoms with Crippen molar-refractivity contribution in [2.45, 2.75) is 39.2 Å². The van der Waals surface area contributed by atoms with Crippen molar-refractivity contribution in [1.29, 1.82) is 0 Å². The van der Waals surface area contributed by atoms with Crippen molar-refractivity contribution in [1.82, 2.24) is 9.55 Å². The second kappa shape index (κ2) is 4.62. The number of aryl methyl sites for hydroxylation is 2. The Bertz CT molecular complexity index is 668. The second-order valence-electron chi connectivity index (χ2n) is 6.28. The number of aromatic nitrogens is 2. The fourth-order valence-electron chi connectivity index (χ4n) is 2.80. The molecule has 2 heterocycles. The highest BCUT2D eigenvalue weighted by atomic mass is 79.9. The van der Waals surface area contributed by atoms with Gasteiger partial charge in [-0.2, -0.15) is 0 Å². The summed E-state index contributed by atoms with van der Waals surface area (Å²) in [5, 5.41) is 0. The SMILES string of the molecule is COc1cc2c(cc1Br)-c1c(C(C)(C)C)ncn1CC2. The quantitative estimate of drug-likeness (QED) is 0.782. The van der Waals surface area contributed by atoms with Crippen molar-refractivity contribution in [3.05, 3.63) is 34.2 Å². The first-order chi connectivity index (χ1) is 9.41. The molecule has 20 heavy (non-hydrogen) atoms. The molecule has 2 aromatic rings. The van der Waals surface area contributed by atoms with Gasteiger partial charge in [-0.05, 0) is 40.0 Å². The van der Waals surface area contributed by atoms with E-state index in [-0.39, 0.29) is 5.41 Å². The summed E-state index contributed by atoms with van der Waals surface area (Å²) < 4.78 is 8.67. The monoisotopic (exact) mass is 334 g/mol. The maximum atomic E-state index is 5.41. The van der Waals surface area contributed by atoms with E-state index in [9.17, 15) is 0 Å². The average Bonchev–Trinajstić information content (AvgIpc) is 2.82. The number of imidazole rings is 1. The molecular formula is C16H19BrN2O. The van der Waals surface area contributed by atoms with Crippen molar-refractivity contribution in [3.63, 3.8) is 0 Å². The molecule has 0 saturated heterocycles. The Balaban J connectivity index is 2.24. The molecule has 3 rings (SSSR count). The van der Waals surface area contributed by atoms with Crippen LogP contribution < -0.4 is 4.74 Å². The van der Waals surface area contributed by atoms with E-state index in [1.54, 1.807) is 7.11 Å². The number of benzene rings is 1. The van der Waals surface area contributed by atoms with Gasteiger partial charge in [-0.15, -0.1) is 0 Å². The molecule has 1 aliphatic rings. The fourth-order valence-corrected chi connectivity index (χ4v) is 3.31. The molecule has 0 amide bonds. The van der Waals surface area contributed by atoms with Crippen LogP contribution in [0.1, 0.15) is 32.0 Å². The topological polar surface area (TPSA) is 27.1 Å². The fraction of sp³-hybridized carbons (Fsp3) is 0.438. The number of ether oxygens (including phenoxy) is 1. The lowest BCUT2D eigenvalue weighted by Crippen LogP contribution is -2.17. The molecule has 1 aliphatic heterocycles. The van der Waals surface area contributed by atoms with Gasteiger partial charge >= 0.3 is 0 Å². The van der Waals surface area contributed by atoms with Gasteiger partial charge in [0.1, 0.15) is 5.75 Å². The van der Waals surface area contributed by atoms with Gasteiger partial charge in [0, 0.05) is 17.5 Å². The Kier molecular flexibility index (Phi) is 3.16. The van der Waals surface area contributed by atoms with Crippen LogP contribution in [0.2, 0.25) is 0 Å². The van der Waals surface area contributed by atoms with Crippen LogP contribution in [-0.4, -0.2) is 16.7 Å². The minimum absolute atomic E-state index is 0.0433. The van der Waals surface area contributed by atoms with Crippen molar-refractivity contribution in [2.24, 2.45) is 0 Å². The van der Waals surface area contributed by atoms with Crippen LogP contribution in [0, 0.1) is 0 Å². The van der Waals surface area contributed by atoms with Crippen LogP contribution in [0.25, 0.3) is 11.3 Å². The highest BCUT2D eigenvalue weighted by Gasteiger charge is 2.28. The minimum atomic E-state index is 0.0433. The lowest BCUT2D eigenvalue weighted by molar-refractivity contribution is 0.411. The van der Waals surface area contributed by atoms with Gasteiger partial charge in [0.15, 0.2) is 0 Å². The van der Waals surface area contributed by atoms with Crippen molar-refractivity contribution in [2.75, 3.05) is 7.11 Å². The first kappa shape index (κ1) is 13.7. The maximum Gasteiger partial charge on any atom is 0.133 e. The molecule has 1 aromatic carbocycles. The molecular weight excluding hydrogens is 316 g/mol. The van der Waals surface area contributed by atoms with Gasteiger partial charge < -0.3 is 9.30 Å². The van der Waals surface area contributed by atoms with Crippen molar-refractivity contribution < 1.29 is 4.74 Å². The summed E-state index contributed by atoms with van der Waals surface area (Å²) in [4.78, 5) is 4.66. The molecule has 0 fully saturated rings. The van der Waals surface area contributed by atoms with E-state index in [4.69, 9.17) is 4.74 Å². The number of fused-ring (bicyclic) bond motifs is 3. The summed E-state index contributed by atoms with van der Waals surface area (Å²) in [6, 6.07) is 4.30. The third-order valence-electron chi connectivity index (χ3n) is 3.80. The Morgan fingerprint density at radius 2 is 2.05 bits per heavy atom. The van der Waals surface area contributed by atoms with Gasteiger partial charge in [0.25, 0.3) is 0 Å². The Hall–Kier alpha value is -1.29. The lowest BCUT2D eigenvalue weighted by Gasteiger charge is -2.25. The summed E-state index contributed by atoms with van der Waals surface area (Å²) in [6.45, 7) is 7.62. The highest BCUT2D eigenvalue weighted by molar-refractivity contribution is 9.10. The number of hydrogen-bond acceptors (Lipinski definition) is 2. The third-order valence-corrected chi connectivity index (χ3v) is 4.42. The zero-order valence-corrected chi connectivity index (χ0v) is 13.9. The largest absolute Gasteiger partial charge is 0.496 e. The summed E-state index contributed by atoms with van der Waals surface area (Å²) in [7, 11) is 1.71. The molecule has 3 nitrogen and oxygen atoms in total. The van der Waals surface area contributed by atoms with E-state index in [1.807, 2.05) is 6.33 Å². The van der Waals surface area contributed by atoms with E-state index in [1.165, 1.54) is 16.8 Å². The van der Waals surface area contributed by atoms with E-state index in [0.29, 0.717) is 0 Å². The van der Waals surface area contributed by atoms with E-state index in [2.05, 4.69) is 58.4 Å². The molecule has 4 heteroatoms. The minimum Gasteiger partial charge on any atom is -0.496 e. The molecule has 0 N–H and O–H groups in total. The smallest absolute Gasteiger partial charge is 0.133 e.